The van der Waals surface area contributed by atoms with Crippen LogP contribution in [0, 0.1) is 5.92 Å². The summed E-state index contributed by atoms with van der Waals surface area (Å²) in [4.78, 5) is 13.3. The van der Waals surface area contributed by atoms with E-state index in [0.717, 1.165) is 46.4 Å². The standard InChI is InChI=1S/C23H25NO2/c1-5-24-21-9-6-15(10-14(2)3)11-19(21)23(25)20-13-16-12-17(26-4)7-8-18(16)22(20)24/h6-9,11-12,14H,5,10,13H2,1-4H3. The summed E-state index contributed by atoms with van der Waals surface area (Å²) < 4.78 is 7.67. The highest BCUT2D eigenvalue weighted by Gasteiger charge is 2.26. The Morgan fingerprint density at radius 1 is 1.15 bits per heavy atom. The zero-order valence-corrected chi connectivity index (χ0v) is 15.9. The van der Waals surface area contributed by atoms with Crippen LogP contribution in [0.1, 0.15) is 37.5 Å². The van der Waals surface area contributed by atoms with Crippen molar-refractivity contribution in [3.8, 4) is 17.0 Å². The van der Waals surface area contributed by atoms with Gasteiger partial charge in [-0.15, -0.1) is 0 Å². The predicted octanol–water partition coefficient (Wildman–Crippen LogP) is 4.80. The molecule has 1 aliphatic rings. The number of rotatable bonds is 4. The topological polar surface area (TPSA) is 31.2 Å². The van der Waals surface area contributed by atoms with E-state index in [9.17, 15) is 4.79 Å². The molecule has 134 valence electrons. The number of aryl methyl sites for hydroxylation is 1. The van der Waals surface area contributed by atoms with E-state index in [0.29, 0.717) is 12.3 Å². The van der Waals surface area contributed by atoms with Crippen molar-refractivity contribution in [1.82, 2.24) is 4.57 Å². The van der Waals surface area contributed by atoms with Crippen LogP contribution in [0.25, 0.3) is 22.2 Å². The fourth-order valence-electron chi connectivity index (χ4n) is 4.22. The van der Waals surface area contributed by atoms with E-state index in [1.165, 1.54) is 11.1 Å². The minimum absolute atomic E-state index is 0.181. The molecule has 0 saturated heterocycles. The average molecular weight is 347 g/mol. The molecule has 4 rings (SSSR count). The van der Waals surface area contributed by atoms with Crippen molar-refractivity contribution in [3.63, 3.8) is 0 Å². The van der Waals surface area contributed by atoms with Crippen LogP contribution < -0.4 is 10.2 Å². The Kier molecular flexibility index (Phi) is 4.10. The number of hydrogen-bond donors (Lipinski definition) is 0. The normalized spacial score (nSPS) is 12.5. The maximum Gasteiger partial charge on any atom is 0.193 e. The van der Waals surface area contributed by atoms with Crippen molar-refractivity contribution in [1.29, 1.82) is 0 Å². The largest absolute Gasteiger partial charge is 0.497 e. The van der Waals surface area contributed by atoms with E-state index in [1.807, 2.05) is 6.07 Å². The number of aromatic nitrogens is 1. The lowest BCUT2D eigenvalue weighted by atomic mass is 9.99. The molecule has 3 heteroatoms. The van der Waals surface area contributed by atoms with E-state index in [-0.39, 0.29) is 5.43 Å². The molecule has 3 aromatic rings. The smallest absolute Gasteiger partial charge is 0.193 e. The average Bonchev–Trinajstić information content (AvgIpc) is 3.01. The Morgan fingerprint density at radius 2 is 1.96 bits per heavy atom. The molecule has 26 heavy (non-hydrogen) atoms. The van der Waals surface area contributed by atoms with Crippen LogP contribution >= 0.6 is 0 Å². The molecule has 0 fully saturated rings. The van der Waals surface area contributed by atoms with Crippen LogP contribution in [-0.2, 0) is 19.4 Å². The highest BCUT2D eigenvalue weighted by Crippen LogP contribution is 2.38. The molecule has 0 radical (unpaired) electrons. The minimum atomic E-state index is 0.181. The monoisotopic (exact) mass is 347 g/mol. The maximum absolute atomic E-state index is 13.3. The molecular weight excluding hydrogens is 322 g/mol. The molecule has 0 saturated carbocycles. The molecule has 1 aliphatic carbocycles. The van der Waals surface area contributed by atoms with Crippen molar-refractivity contribution < 1.29 is 4.74 Å². The Morgan fingerprint density at radius 3 is 2.65 bits per heavy atom. The van der Waals surface area contributed by atoms with E-state index >= 15 is 0 Å². The maximum atomic E-state index is 13.3. The van der Waals surface area contributed by atoms with Gasteiger partial charge in [0.2, 0.25) is 0 Å². The van der Waals surface area contributed by atoms with Crippen molar-refractivity contribution in [2.24, 2.45) is 5.92 Å². The number of methoxy groups -OCH3 is 1. The summed E-state index contributed by atoms with van der Waals surface area (Å²) in [5, 5.41) is 0.850. The summed E-state index contributed by atoms with van der Waals surface area (Å²) >= 11 is 0. The van der Waals surface area contributed by atoms with Crippen LogP contribution in [0.2, 0.25) is 0 Å². The molecule has 0 amide bonds. The van der Waals surface area contributed by atoms with Crippen molar-refractivity contribution in [2.45, 2.75) is 40.2 Å². The third-order valence-corrected chi connectivity index (χ3v) is 5.32. The summed E-state index contributed by atoms with van der Waals surface area (Å²) in [5.74, 6) is 1.42. The van der Waals surface area contributed by atoms with E-state index in [1.54, 1.807) is 7.11 Å². The van der Waals surface area contributed by atoms with Gasteiger partial charge in [-0.25, -0.2) is 0 Å². The highest BCUT2D eigenvalue weighted by molar-refractivity contribution is 5.88. The highest BCUT2D eigenvalue weighted by atomic mass is 16.5. The minimum Gasteiger partial charge on any atom is -0.497 e. The molecule has 0 unspecified atom stereocenters. The molecule has 1 heterocycles. The zero-order chi connectivity index (χ0) is 18.4. The van der Waals surface area contributed by atoms with Crippen molar-refractivity contribution in [3.05, 3.63) is 63.3 Å². The molecule has 0 bridgehead atoms. The summed E-state index contributed by atoms with van der Waals surface area (Å²) in [7, 11) is 1.68. The van der Waals surface area contributed by atoms with Crippen LogP contribution in [0.3, 0.4) is 0 Å². The van der Waals surface area contributed by atoms with E-state index in [2.05, 4.69) is 55.7 Å². The summed E-state index contributed by atoms with van der Waals surface area (Å²) in [6.07, 6.45) is 1.68. The van der Waals surface area contributed by atoms with Crippen LogP contribution in [-0.4, -0.2) is 11.7 Å². The molecule has 3 nitrogen and oxygen atoms in total. The fraction of sp³-hybridized carbons (Fsp3) is 0.348. The molecule has 0 aliphatic heterocycles. The Hall–Kier alpha value is -2.55. The lowest BCUT2D eigenvalue weighted by molar-refractivity contribution is 0.414. The predicted molar refractivity (Wildman–Crippen MR) is 107 cm³/mol. The first-order chi connectivity index (χ1) is 12.5. The van der Waals surface area contributed by atoms with Gasteiger partial charge in [-0.1, -0.05) is 19.9 Å². The molecule has 0 spiro atoms. The lowest BCUT2D eigenvalue weighted by Crippen LogP contribution is -2.15. The Balaban J connectivity index is 1.99. The van der Waals surface area contributed by atoms with Gasteiger partial charge in [-0.05, 0) is 60.7 Å². The van der Waals surface area contributed by atoms with Gasteiger partial charge in [-0.2, -0.15) is 0 Å². The fourth-order valence-corrected chi connectivity index (χ4v) is 4.22. The third-order valence-electron chi connectivity index (χ3n) is 5.32. The lowest BCUT2D eigenvalue weighted by Gasteiger charge is -2.17. The SMILES string of the molecule is CCn1c2c(c(=O)c3cc(CC(C)C)ccc31)Cc1cc(OC)ccc1-2. The molecule has 0 atom stereocenters. The Labute approximate surface area is 154 Å². The van der Waals surface area contributed by atoms with Crippen LogP contribution in [0.5, 0.6) is 5.75 Å². The second-order valence-corrected chi connectivity index (χ2v) is 7.55. The van der Waals surface area contributed by atoms with Crippen molar-refractivity contribution in [2.75, 3.05) is 7.11 Å². The summed E-state index contributed by atoms with van der Waals surface area (Å²) in [6.45, 7) is 7.41. The van der Waals surface area contributed by atoms with Gasteiger partial charge in [0, 0.05) is 29.5 Å². The van der Waals surface area contributed by atoms with Crippen molar-refractivity contribution >= 4 is 10.9 Å². The first kappa shape index (κ1) is 16.9. The summed E-state index contributed by atoms with van der Waals surface area (Å²) in [6, 6.07) is 12.5. The van der Waals surface area contributed by atoms with E-state index in [4.69, 9.17) is 4.74 Å². The van der Waals surface area contributed by atoms with Crippen LogP contribution in [0.4, 0.5) is 0 Å². The molecule has 0 N–H and O–H groups in total. The first-order valence-electron chi connectivity index (χ1n) is 9.39. The van der Waals surface area contributed by atoms with Gasteiger partial charge >= 0.3 is 0 Å². The summed E-state index contributed by atoms with van der Waals surface area (Å²) in [5.41, 5.74) is 6.80. The van der Waals surface area contributed by atoms with Gasteiger partial charge in [0.25, 0.3) is 0 Å². The number of pyridine rings is 1. The number of hydrogen-bond acceptors (Lipinski definition) is 2. The quantitative estimate of drug-likeness (QED) is 0.531. The number of fused-ring (bicyclic) bond motifs is 4. The van der Waals surface area contributed by atoms with Gasteiger partial charge in [0.1, 0.15) is 5.75 Å². The van der Waals surface area contributed by atoms with Gasteiger partial charge in [-0.3, -0.25) is 4.79 Å². The van der Waals surface area contributed by atoms with Gasteiger partial charge in [0.05, 0.1) is 18.3 Å². The zero-order valence-electron chi connectivity index (χ0n) is 15.9. The molecular formula is C23H25NO2. The number of nitrogens with zero attached hydrogens (tertiary/aromatic N) is 1. The van der Waals surface area contributed by atoms with Gasteiger partial charge < -0.3 is 9.30 Å². The number of ether oxygens (including phenoxy) is 1. The molecule has 2 aromatic carbocycles. The number of benzene rings is 2. The third kappa shape index (κ3) is 2.54. The van der Waals surface area contributed by atoms with Gasteiger partial charge in [0.15, 0.2) is 5.43 Å². The first-order valence-corrected chi connectivity index (χ1v) is 9.39. The Bertz CT molecular complexity index is 1060. The van der Waals surface area contributed by atoms with Crippen LogP contribution in [0.15, 0.2) is 41.2 Å². The molecule has 1 aromatic heterocycles. The van der Waals surface area contributed by atoms with E-state index < -0.39 is 0 Å². The second-order valence-electron chi connectivity index (χ2n) is 7.55. The second kappa shape index (κ2) is 6.31.